The van der Waals surface area contributed by atoms with Gasteiger partial charge < -0.3 is 10.2 Å². The van der Waals surface area contributed by atoms with Gasteiger partial charge in [0.15, 0.2) is 0 Å². The molecule has 1 saturated carbocycles. The molecule has 1 saturated heterocycles. The lowest BCUT2D eigenvalue weighted by Gasteiger charge is -2.20. The van der Waals surface area contributed by atoms with Crippen molar-refractivity contribution in [3.63, 3.8) is 0 Å². The Morgan fingerprint density at radius 2 is 2.32 bits per heavy atom. The minimum absolute atomic E-state index is 0.0138. The molecule has 3 rings (SSSR count). The fourth-order valence-electron chi connectivity index (χ4n) is 3.02. The van der Waals surface area contributed by atoms with Crippen LogP contribution < -0.4 is 5.32 Å². The van der Waals surface area contributed by atoms with Crippen LogP contribution in [0.1, 0.15) is 49.4 Å². The van der Waals surface area contributed by atoms with E-state index >= 15 is 0 Å². The van der Waals surface area contributed by atoms with Gasteiger partial charge in [-0.3, -0.25) is 14.6 Å². The fourth-order valence-corrected chi connectivity index (χ4v) is 3.02. The Kier molecular flexibility index (Phi) is 4.41. The first-order valence-electron chi connectivity index (χ1n) is 8.13. The second-order valence-electron chi connectivity index (χ2n) is 6.38. The van der Waals surface area contributed by atoms with Crippen LogP contribution >= 0.6 is 0 Å². The number of rotatable bonds is 6. The van der Waals surface area contributed by atoms with E-state index < -0.39 is 0 Å². The summed E-state index contributed by atoms with van der Waals surface area (Å²) in [6.07, 6.45) is 6.00. The highest BCUT2D eigenvalue weighted by Gasteiger charge is 2.34. The van der Waals surface area contributed by atoms with Crippen molar-refractivity contribution in [1.29, 1.82) is 0 Å². The Morgan fingerprint density at radius 1 is 1.50 bits per heavy atom. The molecule has 1 aliphatic carbocycles. The molecule has 0 aromatic carbocycles. The molecule has 5 nitrogen and oxygen atoms in total. The van der Waals surface area contributed by atoms with E-state index in [1.54, 1.807) is 11.1 Å². The molecule has 1 aliphatic heterocycles. The molecular formula is C17H23N3O2. The van der Waals surface area contributed by atoms with Gasteiger partial charge in [-0.25, -0.2) is 0 Å². The lowest BCUT2D eigenvalue weighted by atomic mass is 10.1. The van der Waals surface area contributed by atoms with Crippen LogP contribution in [0.25, 0.3) is 0 Å². The fraction of sp³-hybridized carbons (Fsp3) is 0.588. The molecule has 1 N–H and O–H groups in total. The molecule has 1 aromatic heterocycles. The van der Waals surface area contributed by atoms with Gasteiger partial charge in [0.2, 0.25) is 11.8 Å². The Morgan fingerprint density at radius 3 is 2.95 bits per heavy atom. The highest BCUT2D eigenvalue weighted by molar-refractivity contribution is 5.80. The van der Waals surface area contributed by atoms with Crippen molar-refractivity contribution >= 4 is 11.8 Å². The van der Waals surface area contributed by atoms with E-state index in [1.165, 1.54) is 0 Å². The molecular weight excluding hydrogens is 278 g/mol. The summed E-state index contributed by atoms with van der Waals surface area (Å²) in [7, 11) is 0. The molecule has 2 amide bonds. The average Bonchev–Trinajstić information content (AvgIpc) is 3.25. The van der Waals surface area contributed by atoms with E-state index in [1.807, 2.05) is 19.1 Å². The van der Waals surface area contributed by atoms with Gasteiger partial charge in [0, 0.05) is 32.1 Å². The smallest absolute Gasteiger partial charge is 0.222 e. The van der Waals surface area contributed by atoms with Crippen LogP contribution in [0.3, 0.4) is 0 Å². The Hall–Kier alpha value is -1.91. The van der Waals surface area contributed by atoms with Crippen LogP contribution in [0.4, 0.5) is 0 Å². The van der Waals surface area contributed by atoms with Gasteiger partial charge in [0.05, 0.1) is 11.7 Å². The molecule has 0 radical (unpaired) electrons. The number of nitrogens with zero attached hydrogens (tertiary/aromatic N) is 2. The first kappa shape index (κ1) is 15.0. The number of carbonyl (C=O) groups is 2. The average molecular weight is 301 g/mol. The highest BCUT2D eigenvalue weighted by Crippen LogP contribution is 2.40. The lowest BCUT2D eigenvalue weighted by molar-refractivity contribution is -0.128. The number of nitrogens with one attached hydrogen (secondary N) is 1. The summed E-state index contributed by atoms with van der Waals surface area (Å²) in [5.41, 5.74) is 2.11. The van der Waals surface area contributed by atoms with Crippen molar-refractivity contribution in [3.8, 4) is 0 Å². The minimum Gasteiger partial charge on any atom is -0.347 e. The van der Waals surface area contributed by atoms with Gasteiger partial charge in [0.25, 0.3) is 0 Å². The van der Waals surface area contributed by atoms with Gasteiger partial charge in [-0.15, -0.1) is 0 Å². The molecule has 2 aliphatic rings. The first-order chi connectivity index (χ1) is 10.6. The SMILES string of the molecule is Cc1ccnc([C@@H](NC(=O)CCN2CCCC2=O)C2CC2)c1. The first-order valence-corrected chi connectivity index (χ1v) is 8.13. The van der Waals surface area contributed by atoms with Crippen molar-refractivity contribution in [1.82, 2.24) is 15.2 Å². The molecule has 1 aromatic rings. The summed E-state index contributed by atoms with van der Waals surface area (Å²) in [6.45, 7) is 3.36. The molecule has 2 fully saturated rings. The zero-order valence-electron chi connectivity index (χ0n) is 13.0. The predicted molar refractivity (Wildman–Crippen MR) is 83.0 cm³/mol. The summed E-state index contributed by atoms with van der Waals surface area (Å²) >= 11 is 0. The summed E-state index contributed by atoms with van der Waals surface area (Å²) in [4.78, 5) is 30.0. The quantitative estimate of drug-likeness (QED) is 0.874. The van der Waals surface area contributed by atoms with E-state index in [0.29, 0.717) is 25.3 Å². The van der Waals surface area contributed by atoms with Crippen molar-refractivity contribution in [3.05, 3.63) is 29.6 Å². The second-order valence-corrected chi connectivity index (χ2v) is 6.38. The number of likely N-dealkylation sites (tertiary alicyclic amines) is 1. The number of amides is 2. The number of aryl methyl sites for hydroxylation is 1. The summed E-state index contributed by atoms with van der Waals surface area (Å²) < 4.78 is 0. The number of pyridine rings is 1. The maximum Gasteiger partial charge on any atom is 0.222 e. The van der Waals surface area contributed by atoms with Gasteiger partial charge in [-0.2, -0.15) is 0 Å². The van der Waals surface area contributed by atoms with Crippen molar-refractivity contribution in [2.45, 2.75) is 45.1 Å². The minimum atomic E-state index is 0.0138. The molecule has 118 valence electrons. The maximum absolute atomic E-state index is 12.2. The maximum atomic E-state index is 12.2. The van der Waals surface area contributed by atoms with Crippen LogP contribution in [0.15, 0.2) is 18.3 Å². The number of aromatic nitrogens is 1. The lowest BCUT2D eigenvalue weighted by Crippen LogP contribution is -2.34. The topological polar surface area (TPSA) is 62.3 Å². The molecule has 0 unspecified atom stereocenters. The predicted octanol–water partition coefficient (Wildman–Crippen LogP) is 1.97. The molecule has 2 heterocycles. The second kappa shape index (κ2) is 6.46. The molecule has 0 spiro atoms. The van der Waals surface area contributed by atoms with Crippen molar-refractivity contribution < 1.29 is 9.59 Å². The van der Waals surface area contributed by atoms with E-state index in [4.69, 9.17) is 0 Å². The van der Waals surface area contributed by atoms with Crippen LogP contribution in [0.2, 0.25) is 0 Å². The Bertz CT molecular complexity index is 569. The highest BCUT2D eigenvalue weighted by atomic mass is 16.2. The summed E-state index contributed by atoms with van der Waals surface area (Å²) in [5, 5.41) is 3.12. The molecule has 1 atom stereocenters. The Labute approximate surface area is 131 Å². The van der Waals surface area contributed by atoms with E-state index in [-0.39, 0.29) is 17.9 Å². The van der Waals surface area contributed by atoms with Gasteiger partial charge in [0.1, 0.15) is 0 Å². The number of hydrogen-bond donors (Lipinski definition) is 1. The number of carbonyl (C=O) groups excluding carboxylic acids is 2. The van der Waals surface area contributed by atoms with Gasteiger partial charge >= 0.3 is 0 Å². The third-order valence-electron chi connectivity index (χ3n) is 4.45. The van der Waals surface area contributed by atoms with Crippen LogP contribution in [0.5, 0.6) is 0 Å². The molecule has 5 heteroatoms. The zero-order chi connectivity index (χ0) is 15.5. The largest absolute Gasteiger partial charge is 0.347 e. The van der Waals surface area contributed by atoms with E-state index in [9.17, 15) is 9.59 Å². The third kappa shape index (κ3) is 3.64. The van der Waals surface area contributed by atoms with Crippen LogP contribution in [-0.2, 0) is 9.59 Å². The van der Waals surface area contributed by atoms with Crippen molar-refractivity contribution in [2.24, 2.45) is 5.92 Å². The standard InChI is InChI=1S/C17H23N3O2/c1-12-6-8-18-14(11-12)17(13-4-5-13)19-15(21)7-10-20-9-2-3-16(20)22/h6,8,11,13,17H,2-5,7,9-10H2,1H3,(H,19,21)/t17-/m0/s1. The Balaban J connectivity index is 1.57. The normalized spacial score (nSPS) is 19.3. The van der Waals surface area contributed by atoms with E-state index in [0.717, 1.165) is 37.1 Å². The summed E-state index contributed by atoms with van der Waals surface area (Å²) in [5.74, 6) is 0.693. The van der Waals surface area contributed by atoms with Crippen LogP contribution in [-0.4, -0.2) is 34.8 Å². The number of hydrogen-bond acceptors (Lipinski definition) is 3. The van der Waals surface area contributed by atoms with Gasteiger partial charge in [-0.05, 0) is 49.8 Å². The zero-order valence-corrected chi connectivity index (χ0v) is 13.0. The van der Waals surface area contributed by atoms with E-state index in [2.05, 4.69) is 10.3 Å². The third-order valence-corrected chi connectivity index (χ3v) is 4.45. The van der Waals surface area contributed by atoms with Crippen LogP contribution in [0, 0.1) is 12.8 Å². The molecule has 0 bridgehead atoms. The van der Waals surface area contributed by atoms with Crippen molar-refractivity contribution in [2.75, 3.05) is 13.1 Å². The van der Waals surface area contributed by atoms with Gasteiger partial charge in [-0.1, -0.05) is 0 Å². The molecule has 22 heavy (non-hydrogen) atoms. The summed E-state index contributed by atoms with van der Waals surface area (Å²) in [6, 6.07) is 4.03. The monoisotopic (exact) mass is 301 g/mol.